The molecule has 2 aromatic carbocycles. The molecule has 0 bridgehead atoms. The van der Waals surface area contributed by atoms with Crippen molar-refractivity contribution in [2.45, 2.75) is 38.3 Å². The largest absolute Gasteiger partial charge is 0.497 e. The van der Waals surface area contributed by atoms with Crippen LogP contribution in [0.3, 0.4) is 0 Å². The third-order valence-corrected chi connectivity index (χ3v) is 6.30. The summed E-state index contributed by atoms with van der Waals surface area (Å²) in [5.74, 6) is 1.54. The van der Waals surface area contributed by atoms with Crippen LogP contribution < -0.4 is 9.47 Å². The molecule has 1 saturated heterocycles. The van der Waals surface area contributed by atoms with Crippen molar-refractivity contribution in [3.8, 4) is 22.8 Å². The Morgan fingerprint density at radius 2 is 2.03 bits per heavy atom. The second-order valence-corrected chi connectivity index (χ2v) is 8.51. The van der Waals surface area contributed by atoms with Gasteiger partial charge < -0.3 is 19.1 Å². The van der Waals surface area contributed by atoms with E-state index in [-0.39, 0.29) is 18.1 Å². The SMILES string of the molecule is CCCOc1cccc(C2c3c(-c4ccc(OC)cc4)n[nH]c3C(=O)N2CC2CCCO2)c1. The first-order chi connectivity index (χ1) is 16.2. The van der Waals surface area contributed by atoms with Crippen molar-refractivity contribution in [1.29, 1.82) is 0 Å². The number of benzene rings is 2. The molecule has 2 atom stereocenters. The van der Waals surface area contributed by atoms with Gasteiger partial charge in [0, 0.05) is 24.3 Å². The van der Waals surface area contributed by atoms with Gasteiger partial charge >= 0.3 is 0 Å². The first kappa shape index (κ1) is 21.5. The smallest absolute Gasteiger partial charge is 0.273 e. The molecule has 7 heteroatoms. The standard InChI is InChI=1S/C26H29N3O4/c1-3-13-32-20-7-4-6-18(15-20)25-22-23(17-9-11-19(31-2)12-10-17)27-28-24(22)26(30)29(25)16-21-8-5-14-33-21/h4,6-7,9-12,15,21,25H,3,5,8,13-14,16H2,1-2H3,(H,27,28). The molecule has 172 valence electrons. The van der Waals surface area contributed by atoms with Gasteiger partial charge in [0.05, 0.1) is 31.6 Å². The van der Waals surface area contributed by atoms with E-state index in [4.69, 9.17) is 14.2 Å². The molecule has 7 nitrogen and oxygen atoms in total. The van der Waals surface area contributed by atoms with E-state index in [1.54, 1.807) is 7.11 Å². The van der Waals surface area contributed by atoms with Crippen molar-refractivity contribution in [2.24, 2.45) is 0 Å². The van der Waals surface area contributed by atoms with Crippen molar-refractivity contribution in [1.82, 2.24) is 15.1 Å². The van der Waals surface area contributed by atoms with E-state index in [2.05, 4.69) is 23.2 Å². The molecule has 0 aliphatic carbocycles. The van der Waals surface area contributed by atoms with Crippen molar-refractivity contribution < 1.29 is 19.0 Å². The van der Waals surface area contributed by atoms with Crippen LogP contribution in [0.15, 0.2) is 48.5 Å². The van der Waals surface area contributed by atoms with Crippen LogP contribution in [0, 0.1) is 0 Å². The van der Waals surface area contributed by atoms with Crippen LogP contribution in [0.25, 0.3) is 11.3 Å². The summed E-state index contributed by atoms with van der Waals surface area (Å²) in [5.41, 5.74) is 4.16. The summed E-state index contributed by atoms with van der Waals surface area (Å²) in [4.78, 5) is 15.4. The van der Waals surface area contributed by atoms with Gasteiger partial charge in [-0.3, -0.25) is 9.89 Å². The van der Waals surface area contributed by atoms with Gasteiger partial charge in [0.2, 0.25) is 0 Å². The van der Waals surface area contributed by atoms with E-state index < -0.39 is 0 Å². The van der Waals surface area contributed by atoms with Gasteiger partial charge in [0.1, 0.15) is 17.2 Å². The van der Waals surface area contributed by atoms with Gasteiger partial charge in [0.25, 0.3) is 5.91 Å². The van der Waals surface area contributed by atoms with E-state index in [0.717, 1.165) is 59.8 Å². The molecular weight excluding hydrogens is 418 g/mol. The molecule has 3 heterocycles. The lowest BCUT2D eigenvalue weighted by Gasteiger charge is -2.28. The molecular formula is C26H29N3O4. The van der Waals surface area contributed by atoms with Gasteiger partial charge in [-0.2, -0.15) is 5.10 Å². The van der Waals surface area contributed by atoms with E-state index in [0.29, 0.717) is 18.8 Å². The van der Waals surface area contributed by atoms with Crippen LogP contribution in [0.4, 0.5) is 0 Å². The van der Waals surface area contributed by atoms with Crippen LogP contribution in [0.1, 0.15) is 53.8 Å². The van der Waals surface area contributed by atoms with Gasteiger partial charge in [-0.1, -0.05) is 19.1 Å². The summed E-state index contributed by atoms with van der Waals surface area (Å²) in [6.45, 7) is 4.04. The average Bonchev–Trinajstić information content (AvgIpc) is 3.57. The van der Waals surface area contributed by atoms with Gasteiger partial charge in [-0.05, 0) is 61.2 Å². The lowest BCUT2D eigenvalue weighted by molar-refractivity contribution is 0.0495. The molecule has 3 aromatic rings. The summed E-state index contributed by atoms with van der Waals surface area (Å²) in [5, 5.41) is 7.57. The highest BCUT2D eigenvalue weighted by atomic mass is 16.5. The Morgan fingerprint density at radius 1 is 1.18 bits per heavy atom. The fourth-order valence-corrected chi connectivity index (χ4v) is 4.70. The number of aromatic nitrogens is 2. The third-order valence-electron chi connectivity index (χ3n) is 6.30. The molecule has 1 amide bonds. The second-order valence-electron chi connectivity index (χ2n) is 8.51. The number of carbonyl (C=O) groups excluding carboxylic acids is 1. The Morgan fingerprint density at radius 3 is 2.76 bits per heavy atom. The average molecular weight is 448 g/mol. The topological polar surface area (TPSA) is 76.7 Å². The Balaban J connectivity index is 1.57. The Bertz CT molecular complexity index is 1120. The van der Waals surface area contributed by atoms with Gasteiger partial charge in [0.15, 0.2) is 0 Å². The Kier molecular flexibility index (Phi) is 6.05. The lowest BCUT2D eigenvalue weighted by Crippen LogP contribution is -2.36. The molecule has 2 unspecified atom stereocenters. The normalized spacial score (nSPS) is 19.7. The second kappa shape index (κ2) is 9.27. The molecule has 0 radical (unpaired) electrons. The quantitative estimate of drug-likeness (QED) is 0.546. The highest BCUT2D eigenvalue weighted by Gasteiger charge is 2.43. The van der Waals surface area contributed by atoms with Crippen LogP contribution in [-0.2, 0) is 4.74 Å². The molecule has 1 aromatic heterocycles. The summed E-state index contributed by atoms with van der Waals surface area (Å²) < 4.78 is 17.1. The van der Waals surface area contributed by atoms with Crippen molar-refractivity contribution in [2.75, 3.05) is 26.9 Å². The first-order valence-electron chi connectivity index (χ1n) is 11.6. The Hall–Kier alpha value is -3.32. The minimum Gasteiger partial charge on any atom is -0.497 e. The molecule has 0 spiro atoms. The highest BCUT2D eigenvalue weighted by Crippen LogP contribution is 2.44. The number of nitrogens with one attached hydrogen (secondary N) is 1. The fourth-order valence-electron chi connectivity index (χ4n) is 4.70. The molecule has 1 fully saturated rings. The molecule has 5 rings (SSSR count). The maximum Gasteiger partial charge on any atom is 0.273 e. The third kappa shape index (κ3) is 4.09. The number of amides is 1. The summed E-state index contributed by atoms with van der Waals surface area (Å²) in [6.07, 6.45) is 2.98. The lowest BCUT2D eigenvalue weighted by atomic mass is 9.95. The van der Waals surface area contributed by atoms with E-state index in [1.165, 1.54) is 0 Å². The predicted molar refractivity (Wildman–Crippen MR) is 125 cm³/mol. The minimum absolute atomic E-state index is 0.0439. The summed E-state index contributed by atoms with van der Waals surface area (Å²) >= 11 is 0. The number of methoxy groups -OCH3 is 1. The molecule has 33 heavy (non-hydrogen) atoms. The van der Waals surface area contributed by atoms with Crippen LogP contribution in [-0.4, -0.2) is 54.0 Å². The summed E-state index contributed by atoms with van der Waals surface area (Å²) in [6, 6.07) is 15.5. The van der Waals surface area contributed by atoms with Crippen LogP contribution in [0.2, 0.25) is 0 Å². The zero-order valence-corrected chi connectivity index (χ0v) is 19.0. The summed E-state index contributed by atoms with van der Waals surface area (Å²) in [7, 11) is 1.65. The number of nitrogens with zero attached hydrogens (tertiary/aromatic N) is 2. The maximum absolute atomic E-state index is 13.5. The number of hydrogen-bond donors (Lipinski definition) is 1. The maximum atomic E-state index is 13.5. The number of hydrogen-bond acceptors (Lipinski definition) is 5. The first-order valence-corrected chi connectivity index (χ1v) is 11.6. The number of rotatable bonds is 8. The van der Waals surface area contributed by atoms with Gasteiger partial charge in [-0.15, -0.1) is 0 Å². The predicted octanol–water partition coefficient (Wildman–Crippen LogP) is 4.60. The molecule has 0 saturated carbocycles. The number of carbonyl (C=O) groups is 1. The van der Waals surface area contributed by atoms with Crippen LogP contribution in [0.5, 0.6) is 11.5 Å². The van der Waals surface area contributed by atoms with E-state index in [1.807, 2.05) is 47.4 Å². The monoisotopic (exact) mass is 447 g/mol. The Labute approximate surface area is 193 Å². The van der Waals surface area contributed by atoms with E-state index >= 15 is 0 Å². The fraction of sp³-hybridized carbons (Fsp3) is 0.385. The number of aromatic amines is 1. The minimum atomic E-state index is -0.266. The zero-order valence-electron chi connectivity index (χ0n) is 19.0. The van der Waals surface area contributed by atoms with Crippen molar-refractivity contribution in [3.05, 3.63) is 65.4 Å². The van der Waals surface area contributed by atoms with E-state index in [9.17, 15) is 4.79 Å². The number of fused-ring (bicyclic) bond motifs is 1. The molecule has 2 aliphatic heterocycles. The van der Waals surface area contributed by atoms with Crippen molar-refractivity contribution in [3.63, 3.8) is 0 Å². The van der Waals surface area contributed by atoms with Crippen LogP contribution >= 0.6 is 0 Å². The number of H-pyrrole nitrogens is 1. The highest BCUT2D eigenvalue weighted by molar-refractivity contribution is 6.00. The van der Waals surface area contributed by atoms with Crippen molar-refractivity contribution >= 4 is 5.91 Å². The molecule has 2 aliphatic rings. The van der Waals surface area contributed by atoms with Gasteiger partial charge in [-0.25, -0.2) is 0 Å². The zero-order chi connectivity index (χ0) is 22.8. The molecule has 1 N–H and O–H groups in total. The number of ether oxygens (including phenoxy) is 3.